The van der Waals surface area contributed by atoms with Crippen molar-refractivity contribution in [3.05, 3.63) is 0 Å². The summed E-state index contributed by atoms with van der Waals surface area (Å²) < 4.78 is 0. The summed E-state index contributed by atoms with van der Waals surface area (Å²) in [5.41, 5.74) is 2.45. The van der Waals surface area contributed by atoms with Crippen molar-refractivity contribution in [1.29, 1.82) is 0 Å². The maximum Gasteiger partial charge on any atom is 0.243 e. The Bertz CT molecular complexity index is 463. The second kappa shape index (κ2) is 8.20. The monoisotopic (exact) mass is 296 g/mol. The van der Waals surface area contributed by atoms with Crippen LogP contribution in [0.25, 0.3) is 0 Å². The summed E-state index contributed by atoms with van der Waals surface area (Å²) in [6, 6.07) is 0. The van der Waals surface area contributed by atoms with E-state index >= 15 is 0 Å². The summed E-state index contributed by atoms with van der Waals surface area (Å²) in [5.74, 6) is 6.72. The van der Waals surface area contributed by atoms with E-state index in [-0.39, 0.29) is 5.91 Å². The number of nitrogens with two attached hydrogens (primary N) is 1. The summed E-state index contributed by atoms with van der Waals surface area (Å²) in [6.07, 6.45) is 0.366. The van der Waals surface area contributed by atoms with Gasteiger partial charge in [-0.05, 0) is 13.8 Å². The Morgan fingerprint density at radius 2 is 1.81 bits per heavy atom. The zero-order valence-corrected chi connectivity index (χ0v) is 13.1. The zero-order valence-electron chi connectivity index (χ0n) is 13.1. The van der Waals surface area contributed by atoms with Gasteiger partial charge in [-0.1, -0.05) is 0 Å². The van der Waals surface area contributed by atoms with Crippen molar-refractivity contribution >= 4 is 23.8 Å². The van der Waals surface area contributed by atoms with Crippen molar-refractivity contribution in [2.24, 2.45) is 5.84 Å². The summed E-state index contributed by atoms with van der Waals surface area (Å²) in [6.45, 7) is 6.12. The van der Waals surface area contributed by atoms with Crippen LogP contribution in [0, 0.1) is 0 Å². The number of aromatic nitrogens is 3. The lowest BCUT2D eigenvalue weighted by Crippen LogP contribution is -2.30. The Morgan fingerprint density at radius 3 is 2.33 bits per heavy atom. The smallest absolute Gasteiger partial charge is 0.243 e. The Labute approximate surface area is 124 Å². The van der Waals surface area contributed by atoms with Gasteiger partial charge in [0.25, 0.3) is 0 Å². The van der Waals surface area contributed by atoms with Crippen LogP contribution in [-0.4, -0.2) is 54.6 Å². The molecule has 0 saturated heterocycles. The fourth-order valence-electron chi connectivity index (χ4n) is 1.73. The average molecular weight is 296 g/mol. The zero-order chi connectivity index (χ0) is 15.8. The van der Waals surface area contributed by atoms with Crippen molar-refractivity contribution < 1.29 is 4.79 Å². The number of hydrogen-bond acceptors (Lipinski definition) is 8. The van der Waals surface area contributed by atoms with Gasteiger partial charge in [0.05, 0.1) is 0 Å². The fourth-order valence-corrected chi connectivity index (χ4v) is 1.73. The van der Waals surface area contributed by atoms with Crippen LogP contribution in [0.1, 0.15) is 20.3 Å². The van der Waals surface area contributed by atoms with E-state index < -0.39 is 0 Å². The van der Waals surface area contributed by atoms with Crippen molar-refractivity contribution in [2.75, 3.05) is 49.0 Å². The lowest BCUT2D eigenvalue weighted by Gasteiger charge is -2.22. The molecule has 21 heavy (non-hydrogen) atoms. The van der Waals surface area contributed by atoms with Gasteiger partial charge < -0.3 is 15.1 Å². The van der Waals surface area contributed by atoms with E-state index in [4.69, 9.17) is 5.84 Å². The maximum atomic E-state index is 11.3. The van der Waals surface area contributed by atoms with Gasteiger partial charge in [-0.25, -0.2) is 5.84 Å². The van der Waals surface area contributed by atoms with E-state index in [9.17, 15) is 4.79 Å². The molecule has 0 saturated carbocycles. The summed E-state index contributed by atoms with van der Waals surface area (Å²) in [4.78, 5) is 28.0. The molecule has 1 aromatic heterocycles. The van der Waals surface area contributed by atoms with Crippen molar-refractivity contribution in [3.8, 4) is 0 Å². The van der Waals surface area contributed by atoms with Gasteiger partial charge in [0, 0.05) is 40.2 Å². The van der Waals surface area contributed by atoms with Gasteiger partial charge in [-0.15, -0.1) is 0 Å². The minimum atomic E-state index is -0.0305. The number of carbonyl (C=O) groups excluding carboxylic acids is 1. The third-order valence-corrected chi connectivity index (χ3v) is 3.08. The van der Waals surface area contributed by atoms with Gasteiger partial charge in [0.2, 0.25) is 23.8 Å². The minimum Gasteiger partial charge on any atom is -0.359 e. The predicted octanol–water partition coefficient (Wildman–Crippen LogP) is -0.424. The topological polar surface area (TPSA) is 112 Å². The van der Waals surface area contributed by atoms with Gasteiger partial charge in [0.15, 0.2) is 0 Å². The molecule has 0 aliphatic rings. The van der Waals surface area contributed by atoms with Crippen LogP contribution in [0.4, 0.5) is 17.8 Å². The largest absolute Gasteiger partial charge is 0.359 e. The first-order valence-electron chi connectivity index (χ1n) is 6.95. The summed E-state index contributed by atoms with van der Waals surface area (Å²) >= 11 is 0. The Morgan fingerprint density at radius 1 is 1.19 bits per heavy atom. The minimum absolute atomic E-state index is 0.0305. The number of nitrogens with zero attached hydrogens (tertiary/aromatic N) is 5. The molecule has 0 aromatic carbocycles. The van der Waals surface area contributed by atoms with Crippen molar-refractivity contribution in [2.45, 2.75) is 20.3 Å². The molecule has 9 nitrogen and oxygen atoms in total. The number of anilines is 3. The molecule has 1 amide bonds. The molecular weight excluding hydrogens is 272 g/mol. The quantitative estimate of drug-likeness (QED) is 0.438. The Balaban J connectivity index is 2.94. The Kier molecular flexibility index (Phi) is 6.60. The number of nitrogen functional groups attached to an aromatic ring is 1. The SMILES string of the molecule is CCN(CC)c1nc(NN)nc(N(C)CCC(=O)NC)n1. The fraction of sp³-hybridized carbons (Fsp3) is 0.667. The van der Waals surface area contributed by atoms with Gasteiger partial charge in [-0.3, -0.25) is 10.2 Å². The molecule has 118 valence electrons. The van der Waals surface area contributed by atoms with Crippen LogP contribution in [0.5, 0.6) is 0 Å². The number of nitrogens with one attached hydrogen (secondary N) is 2. The number of hydrogen-bond donors (Lipinski definition) is 3. The first-order valence-corrected chi connectivity index (χ1v) is 6.95. The highest BCUT2D eigenvalue weighted by Crippen LogP contribution is 2.15. The molecule has 1 heterocycles. The highest BCUT2D eigenvalue weighted by Gasteiger charge is 2.14. The van der Waals surface area contributed by atoms with Crippen LogP contribution in [0.2, 0.25) is 0 Å². The van der Waals surface area contributed by atoms with Crippen LogP contribution in [-0.2, 0) is 4.79 Å². The molecule has 0 fully saturated rings. The van der Waals surface area contributed by atoms with Crippen molar-refractivity contribution in [1.82, 2.24) is 20.3 Å². The number of amides is 1. The molecule has 4 N–H and O–H groups in total. The molecule has 1 aromatic rings. The molecule has 0 aliphatic carbocycles. The normalized spacial score (nSPS) is 10.1. The predicted molar refractivity (Wildman–Crippen MR) is 83.2 cm³/mol. The lowest BCUT2D eigenvalue weighted by molar-refractivity contribution is -0.120. The second-order valence-corrected chi connectivity index (χ2v) is 4.42. The average Bonchev–Trinajstić information content (AvgIpc) is 2.52. The molecule has 0 unspecified atom stereocenters. The van der Waals surface area contributed by atoms with Crippen molar-refractivity contribution in [3.63, 3.8) is 0 Å². The van der Waals surface area contributed by atoms with Gasteiger partial charge >= 0.3 is 0 Å². The van der Waals surface area contributed by atoms with Gasteiger partial charge in [-0.2, -0.15) is 15.0 Å². The highest BCUT2D eigenvalue weighted by atomic mass is 16.1. The van der Waals surface area contributed by atoms with E-state index in [2.05, 4.69) is 25.7 Å². The molecule has 0 aliphatic heterocycles. The van der Waals surface area contributed by atoms with E-state index in [0.717, 1.165) is 13.1 Å². The van der Waals surface area contributed by atoms with Crippen LogP contribution < -0.4 is 26.4 Å². The summed E-state index contributed by atoms with van der Waals surface area (Å²) in [5, 5.41) is 2.58. The third-order valence-electron chi connectivity index (χ3n) is 3.08. The number of carbonyl (C=O) groups is 1. The lowest BCUT2D eigenvalue weighted by atomic mass is 10.4. The van der Waals surface area contributed by atoms with E-state index in [1.165, 1.54) is 0 Å². The van der Waals surface area contributed by atoms with E-state index in [1.54, 1.807) is 11.9 Å². The first-order chi connectivity index (χ1) is 10.0. The van der Waals surface area contributed by atoms with Crippen LogP contribution in [0.15, 0.2) is 0 Å². The van der Waals surface area contributed by atoms with E-state index in [1.807, 2.05) is 25.8 Å². The molecular formula is C12H24N8O. The molecule has 1 rings (SSSR count). The van der Waals surface area contributed by atoms with Gasteiger partial charge in [0.1, 0.15) is 0 Å². The Hall–Kier alpha value is -2.16. The van der Waals surface area contributed by atoms with E-state index in [0.29, 0.717) is 30.8 Å². The number of hydrazine groups is 1. The molecule has 0 atom stereocenters. The molecule has 0 bridgehead atoms. The highest BCUT2D eigenvalue weighted by molar-refractivity contribution is 5.76. The third kappa shape index (κ3) is 4.71. The van der Waals surface area contributed by atoms with Crippen LogP contribution >= 0.6 is 0 Å². The van der Waals surface area contributed by atoms with Crippen LogP contribution in [0.3, 0.4) is 0 Å². The standard InChI is InChI=1S/C12H24N8O/c1-5-20(6-2)12-16-10(18-13)15-11(17-12)19(4)8-7-9(21)14-3/h5-8,13H2,1-4H3,(H,14,21)(H,15,16,17,18). The first kappa shape index (κ1) is 16.9. The number of rotatable bonds is 8. The molecule has 0 spiro atoms. The molecule has 9 heteroatoms. The maximum absolute atomic E-state index is 11.3. The second-order valence-electron chi connectivity index (χ2n) is 4.42. The molecule has 0 radical (unpaired) electrons. The summed E-state index contributed by atoms with van der Waals surface area (Å²) in [7, 11) is 3.44.